The lowest BCUT2D eigenvalue weighted by Gasteiger charge is -2.20. The summed E-state index contributed by atoms with van der Waals surface area (Å²) in [6, 6.07) is 7.12. The van der Waals surface area contributed by atoms with Gasteiger partial charge in [0.1, 0.15) is 5.92 Å². The fraction of sp³-hybridized carbons (Fsp3) is 0.474. The van der Waals surface area contributed by atoms with Crippen LogP contribution in [0.5, 0.6) is 0 Å². The molecule has 28 heavy (non-hydrogen) atoms. The lowest BCUT2D eigenvalue weighted by molar-refractivity contribution is -0.119. The van der Waals surface area contributed by atoms with Crippen molar-refractivity contribution in [1.29, 1.82) is 0 Å². The molecule has 0 radical (unpaired) electrons. The van der Waals surface area contributed by atoms with Gasteiger partial charge in [-0.2, -0.15) is 23.3 Å². The van der Waals surface area contributed by atoms with E-state index in [2.05, 4.69) is 15.1 Å². The fourth-order valence-electron chi connectivity index (χ4n) is 3.71. The minimum absolute atomic E-state index is 0.0208. The van der Waals surface area contributed by atoms with Gasteiger partial charge in [-0.3, -0.25) is 9.79 Å². The summed E-state index contributed by atoms with van der Waals surface area (Å²) in [4.78, 5) is 21.7. The van der Waals surface area contributed by atoms with Crippen LogP contribution in [0.15, 0.2) is 34.4 Å². The molecule has 0 bridgehead atoms. The van der Waals surface area contributed by atoms with Gasteiger partial charge in [-0.1, -0.05) is 42.7 Å². The van der Waals surface area contributed by atoms with E-state index in [1.54, 1.807) is 18.2 Å². The Kier molecular flexibility index (Phi) is 4.95. The van der Waals surface area contributed by atoms with Crippen molar-refractivity contribution in [2.45, 2.75) is 51.2 Å². The number of hydrogen-bond donors (Lipinski definition) is 0. The van der Waals surface area contributed by atoms with E-state index in [4.69, 9.17) is 0 Å². The van der Waals surface area contributed by atoms with Gasteiger partial charge in [-0.15, -0.1) is 0 Å². The summed E-state index contributed by atoms with van der Waals surface area (Å²) in [6.45, 7) is 1.50. The SMILES string of the molecule is CC(=NC1CCCCC1)C1C(=O)N(c2nc3ccccc3s2)N=C1C(F)(F)F. The Bertz CT molecular complexity index is 926. The van der Waals surface area contributed by atoms with Crippen LogP contribution in [0.2, 0.25) is 0 Å². The summed E-state index contributed by atoms with van der Waals surface area (Å²) in [5.41, 5.74) is -0.319. The number of fused-ring (bicyclic) bond motifs is 1. The van der Waals surface area contributed by atoms with Gasteiger partial charge in [0.25, 0.3) is 5.91 Å². The van der Waals surface area contributed by atoms with Crippen LogP contribution < -0.4 is 5.01 Å². The highest BCUT2D eigenvalue weighted by atomic mass is 32.1. The number of aliphatic imine (C=N–C) groups is 1. The maximum Gasteiger partial charge on any atom is 0.432 e. The number of halogens is 3. The molecule has 0 N–H and O–H groups in total. The maximum absolute atomic E-state index is 13.6. The summed E-state index contributed by atoms with van der Waals surface area (Å²) >= 11 is 1.14. The van der Waals surface area contributed by atoms with E-state index in [1.165, 1.54) is 6.92 Å². The number of para-hydroxylation sites is 1. The normalized spacial score (nSPS) is 22.2. The molecule has 2 aliphatic rings. The van der Waals surface area contributed by atoms with Crippen molar-refractivity contribution in [1.82, 2.24) is 4.98 Å². The molecule has 5 nitrogen and oxygen atoms in total. The molecule has 148 valence electrons. The maximum atomic E-state index is 13.6. The minimum atomic E-state index is -4.71. The zero-order valence-corrected chi connectivity index (χ0v) is 16.1. The monoisotopic (exact) mass is 408 g/mol. The highest BCUT2D eigenvalue weighted by Gasteiger charge is 2.52. The number of amides is 1. The number of nitrogens with zero attached hydrogens (tertiary/aromatic N) is 4. The Hall–Kier alpha value is -2.29. The van der Waals surface area contributed by atoms with E-state index >= 15 is 0 Å². The minimum Gasteiger partial charge on any atom is -0.290 e. The molecule has 1 fully saturated rings. The van der Waals surface area contributed by atoms with Crippen LogP contribution in [0.3, 0.4) is 0 Å². The lowest BCUT2D eigenvalue weighted by atomic mass is 9.94. The molecule has 1 aromatic heterocycles. The van der Waals surface area contributed by atoms with Crippen molar-refractivity contribution >= 4 is 44.0 Å². The summed E-state index contributed by atoms with van der Waals surface area (Å²) in [5, 5.41) is 4.57. The molecular weight excluding hydrogens is 389 g/mol. The van der Waals surface area contributed by atoms with Crippen LogP contribution in [-0.4, -0.2) is 34.5 Å². The van der Waals surface area contributed by atoms with Gasteiger partial charge in [0, 0.05) is 11.8 Å². The Morgan fingerprint density at radius 2 is 1.93 bits per heavy atom. The lowest BCUT2D eigenvalue weighted by Crippen LogP contribution is -2.38. The van der Waals surface area contributed by atoms with Crippen LogP contribution in [0.1, 0.15) is 39.0 Å². The smallest absolute Gasteiger partial charge is 0.290 e. The average molecular weight is 408 g/mol. The number of benzene rings is 1. The Morgan fingerprint density at radius 3 is 2.61 bits per heavy atom. The second-order valence-electron chi connectivity index (χ2n) is 7.09. The molecule has 1 aliphatic heterocycles. The first-order valence-electron chi connectivity index (χ1n) is 9.24. The van der Waals surface area contributed by atoms with Gasteiger partial charge in [-0.05, 0) is 31.9 Å². The summed E-state index contributed by atoms with van der Waals surface area (Å²) in [5.74, 6) is -2.25. The predicted molar refractivity (Wildman–Crippen MR) is 104 cm³/mol. The number of thiazole rings is 1. The van der Waals surface area contributed by atoms with Gasteiger partial charge >= 0.3 is 6.18 Å². The van der Waals surface area contributed by atoms with Crippen molar-refractivity contribution in [3.8, 4) is 0 Å². The van der Waals surface area contributed by atoms with Crippen LogP contribution in [0.4, 0.5) is 18.3 Å². The van der Waals surface area contributed by atoms with E-state index in [0.29, 0.717) is 5.52 Å². The number of carbonyl (C=O) groups is 1. The molecule has 4 rings (SSSR count). The number of carbonyl (C=O) groups excluding carboxylic acids is 1. The zero-order chi connectivity index (χ0) is 19.9. The molecule has 1 aliphatic carbocycles. The van der Waals surface area contributed by atoms with E-state index in [1.807, 2.05) is 6.07 Å². The molecule has 2 heterocycles. The van der Waals surface area contributed by atoms with Gasteiger partial charge in [0.05, 0.1) is 10.2 Å². The molecule has 0 spiro atoms. The number of anilines is 1. The number of aromatic nitrogens is 1. The molecule has 1 saturated carbocycles. The van der Waals surface area contributed by atoms with E-state index in [0.717, 1.165) is 53.1 Å². The van der Waals surface area contributed by atoms with Crippen LogP contribution in [0, 0.1) is 5.92 Å². The summed E-state index contributed by atoms with van der Waals surface area (Å²) < 4.78 is 41.7. The van der Waals surface area contributed by atoms with E-state index < -0.39 is 23.7 Å². The highest BCUT2D eigenvalue weighted by Crippen LogP contribution is 2.36. The van der Waals surface area contributed by atoms with Crippen molar-refractivity contribution in [3.63, 3.8) is 0 Å². The molecule has 1 aromatic carbocycles. The molecule has 2 aromatic rings. The van der Waals surface area contributed by atoms with E-state index in [9.17, 15) is 18.0 Å². The first-order valence-corrected chi connectivity index (χ1v) is 10.1. The Balaban J connectivity index is 1.69. The van der Waals surface area contributed by atoms with Gasteiger partial charge in [-0.25, -0.2) is 4.98 Å². The quantitative estimate of drug-likeness (QED) is 0.673. The molecule has 1 unspecified atom stereocenters. The second kappa shape index (κ2) is 7.27. The Labute approximate surface area is 164 Å². The van der Waals surface area contributed by atoms with Crippen molar-refractivity contribution in [2.75, 3.05) is 5.01 Å². The van der Waals surface area contributed by atoms with E-state index in [-0.39, 0.29) is 16.9 Å². The number of alkyl halides is 3. The molecular formula is C19H19F3N4OS. The van der Waals surface area contributed by atoms with Crippen molar-refractivity contribution in [3.05, 3.63) is 24.3 Å². The predicted octanol–water partition coefficient (Wildman–Crippen LogP) is 4.97. The third kappa shape index (κ3) is 3.55. The molecule has 1 atom stereocenters. The number of rotatable bonds is 3. The van der Waals surface area contributed by atoms with Crippen molar-refractivity contribution in [2.24, 2.45) is 16.0 Å². The Morgan fingerprint density at radius 1 is 1.21 bits per heavy atom. The van der Waals surface area contributed by atoms with Gasteiger partial charge in [0.15, 0.2) is 5.71 Å². The fourth-order valence-corrected chi connectivity index (χ4v) is 4.63. The van der Waals surface area contributed by atoms with Crippen LogP contribution >= 0.6 is 11.3 Å². The zero-order valence-electron chi connectivity index (χ0n) is 15.2. The van der Waals surface area contributed by atoms with Crippen molar-refractivity contribution < 1.29 is 18.0 Å². The highest BCUT2D eigenvalue weighted by molar-refractivity contribution is 7.22. The van der Waals surface area contributed by atoms with Crippen LogP contribution in [-0.2, 0) is 4.79 Å². The third-order valence-corrected chi connectivity index (χ3v) is 6.08. The van der Waals surface area contributed by atoms with Crippen LogP contribution in [0.25, 0.3) is 10.2 Å². The molecule has 9 heteroatoms. The largest absolute Gasteiger partial charge is 0.432 e. The van der Waals surface area contributed by atoms with Gasteiger partial charge in [0.2, 0.25) is 5.13 Å². The standard InChI is InChI=1S/C19H19F3N4OS/c1-11(23-12-7-3-2-4-8-12)15-16(19(20,21)22)25-26(17(15)27)18-24-13-9-5-6-10-14(13)28-18/h5-6,9-10,12,15H,2-4,7-8H2,1H3. The average Bonchev–Trinajstić information content (AvgIpc) is 3.23. The second-order valence-corrected chi connectivity index (χ2v) is 8.10. The topological polar surface area (TPSA) is 57.9 Å². The number of hydrazone groups is 1. The van der Waals surface area contributed by atoms with Gasteiger partial charge < -0.3 is 0 Å². The summed E-state index contributed by atoms with van der Waals surface area (Å²) in [7, 11) is 0. The summed E-state index contributed by atoms with van der Waals surface area (Å²) in [6.07, 6.45) is 0.121. The third-order valence-electron chi connectivity index (χ3n) is 5.07. The molecule has 0 saturated heterocycles. The molecule has 1 amide bonds. The number of hydrogen-bond acceptors (Lipinski definition) is 5. The first-order chi connectivity index (χ1) is 13.3. The first kappa shape index (κ1) is 19.0.